The van der Waals surface area contributed by atoms with Crippen molar-refractivity contribution in [2.75, 3.05) is 24.5 Å². The van der Waals surface area contributed by atoms with Gasteiger partial charge in [0.2, 0.25) is 5.91 Å². The second-order valence-electron chi connectivity index (χ2n) is 6.17. The highest BCUT2D eigenvalue weighted by Crippen LogP contribution is 2.36. The number of nitrogens with one attached hydrogen (secondary N) is 1. The Balaban J connectivity index is 1.83. The first-order valence-electron chi connectivity index (χ1n) is 8.14. The number of amides is 1. The zero-order valence-corrected chi connectivity index (χ0v) is 15.0. The molecule has 6 nitrogen and oxygen atoms in total. The molecule has 1 atom stereocenters. The zero-order valence-electron chi connectivity index (χ0n) is 14.3. The first kappa shape index (κ1) is 19.2. The monoisotopic (exact) mass is 400 g/mol. The zero-order chi connectivity index (χ0) is 19.8. The van der Waals surface area contributed by atoms with Crippen LogP contribution in [0.1, 0.15) is 24.1 Å². The number of rotatable bonds is 3. The molecule has 27 heavy (non-hydrogen) atoms. The van der Waals surface area contributed by atoms with Crippen LogP contribution in [0.15, 0.2) is 35.3 Å². The van der Waals surface area contributed by atoms with Crippen molar-refractivity contribution in [2.45, 2.75) is 19.1 Å². The SMILES string of the molecule is C[C@@H](c1ccccc1C(F)(F)F)N1CCN(c2cn[nH]c(=O)c2Cl)CC1=O. The standard InChI is InChI=1S/C17H16ClF3N4O2/c1-10(11-4-2-3-5-12(11)17(19,20)21)25-7-6-24(9-14(25)26)13-8-22-23-16(27)15(13)18/h2-5,8,10H,6-7,9H2,1H3,(H,23,27)/t10-/m0/s1. The van der Waals surface area contributed by atoms with E-state index in [2.05, 4.69) is 10.2 Å². The summed E-state index contributed by atoms with van der Waals surface area (Å²) in [7, 11) is 0. The normalized spacial score (nSPS) is 16.6. The molecule has 1 aromatic heterocycles. The Bertz CT molecular complexity index is 916. The Labute approximate surface area is 157 Å². The molecule has 1 fully saturated rings. The van der Waals surface area contributed by atoms with Crippen molar-refractivity contribution in [3.05, 3.63) is 57.0 Å². The average Bonchev–Trinajstić information content (AvgIpc) is 2.62. The van der Waals surface area contributed by atoms with Gasteiger partial charge >= 0.3 is 6.18 Å². The number of hydrogen-bond acceptors (Lipinski definition) is 4. The van der Waals surface area contributed by atoms with Crippen molar-refractivity contribution >= 4 is 23.2 Å². The van der Waals surface area contributed by atoms with Gasteiger partial charge in [-0.3, -0.25) is 9.59 Å². The molecule has 0 spiro atoms. The van der Waals surface area contributed by atoms with Gasteiger partial charge in [-0.25, -0.2) is 5.10 Å². The number of piperazine rings is 1. The molecule has 2 aromatic rings. The van der Waals surface area contributed by atoms with Crippen LogP contribution in [0.5, 0.6) is 0 Å². The maximum absolute atomic E-state index is 13.3. The van der Waals surface area contributed by atoms with E-state index in [1.807, 2.05) is 0 Å². The molecule has 1 N–H and O–H groups in total. The van der Waals surface area contributed by atoms with Crippen LogP contribution < -0.4 is 10.5 Å². The van der Waals surface area contributed by atoms with E-state index in [-0.39, 0.29) is 29.6 Å². The van der Waals surface area contributed by atoms with Crippen molar-refractivity contribution in [1.29, 1.82) is 0 Å². The number of carbonyl (C=O) groups is 1. The number of halogens is 4. The molecule has 10 heteroatoms. The Morgan fingerprint density at radius 2 is 1.93 bits per heavy atom. The molecule has 1 saturated heterocycles. The highest BCUT2D eigenvalue weighted by atomic mass is 35.5. The van der Waals surface area contributed by atoms with Gasteiger partial charge in [0.05, 0.1) is 30.0 Å². The van der Waals surface area contributed by atoms with Crippen molar-refractivity contribution in [3.8, 4) is 0 Å². The molecule has 1 aliphatic heterocycles. The summed E-state index contributed by atoms with van der Waals surface area (Å²) in [6.07, 6.45) is -3.16. The largest absolute Gasteiger partial charge is 0.416 e. The van der Waals surface area contributed by atoms with Crippen LogP contribution in [0.25, 0.3) is 0 Å². The van der Waals surface area contributed by atoms with E-state index < -0.39 is 23.3 Å². The maximum atomic E-state index is 13.3. The average molecular weight is 401 g/mol. The van der Waals surface area contributed by atoms with E-state index in [1.165, 1.54) is 29.3 Å². The van der Waals surface area contributed by atoms with E-state index in [9.17, 15) is 22.8 Å². The van der Waals surface area contributed by atoms with Crippen LogP contribution in [-0.2, 0) is 11.0 Å². The summed E-state index contributed by atoms with van der Waals surface area (Å²) in [5, 5.41) is 5.78. The minimum absolute atomic E-state index is 0.0441. The summed E-state index contributed by atoms with van der Waals surface area (Å²) >= 11 is 5.96. The minimum Gasteiger partial charge on any atom is -0.358 e. The predicted molar refractivity (Wildman–Crippen MR) is 93.7 cm³/mol. The number of alkyl halides is 3. The first-order chi connectivity index (χ1) is 12.7. The summed E-state index contributed by atoms with van der Waals surface area (Å²) in [6.45, 7) is 1.97. The predicted octanol–water partition coefficient (Wildman–Crippen LogP) is 2.85. The first-order valence-corrected chi connectivity index (χ1v) is 8.51. The minimum atomic E-state index is -4.50. The van der Waals surface area contributed by atoms with Crippen LogP contribution in [0.2, 0.25) is 5.02 Å². The lowest BCUT2D eigenvalue weighted by molar-refractivity contribution is -0.141. The van der Waals surface area contributed by atoms with Gasteiger partial charge in [-0.2, -0.15) is 18.3 Å². The second kappa shape index (κ2) is 7.22. The maximum Gasteiger partial charge on any atom is 0.416 e. The number of anilines is 1. The summed E-state index contributed by atoms with van der Waals surface area (Å²) in [4.78, 5) is 27.2. The Hall–Kier alpha value is -2.55. The number of hydrogen-bond donors (Lipinski definition) is 1. The number of benzene rings is 1. The summed E-state index contributed by atoms with van der Waals surface area (Å²) in [6, 6.07) is 4.48. The van der Waals surface area contributed by atoms with E-state index in [1.54, 1.807) is 11.8 Å². The van der Waals surface area contributed by atoms with Crippen molar-refractivity contribution in [1.82, 2.24) is 15.1 Å². The number of aromatic nitrogens is 2. The van der Waals surface area contributed by atoms with Crippen LogP contribution in [0.3, 0.4) is 0 Å². The molecule has 0 radical (unpaired) electrons. The molecule has 144 valence electrons. The number of nitrogens with zero attached hydrogens (tertiary/aromatic N) is 3. The Morgan fingerprint density at radius 3 is 2.59 bits per heavy atom. The number of carbonyl (C=O) groups excluding carboxylic acids is 1. The lowest BCUT2D eigenvalue weighted by Crippen LogP contribution is -2.51. The van der Waals surface area contributed by atoms with E-state index >= 15 is 0 Å². The van der Waals surface area contributed by atoms with Gasteiger partial charge in [-0.15, -0.1) is 0 Å². The van der Waals surface area contributed by atoms with E-state index in [0.29, 0.717) is 12.2 Å². The lowest BCUT2D eigenvalue weighted by atomic mass is 9.99. The summed E-state index contributed by atoms with van der Waals surface area (Å²) in [5.74, 6) is -0.359. The molecule has 0 unspecified atom stereocenters. The molecular formula is C17H16ClF3N4O2. The summed E-state index contributed by atoms with van der Waals surface area (Å²) in [5.41, 5.74) is -0.967. The number of aromatic amines is 1. The molecular weight excluding hydrogens is 385 g/mol. The molecule has 1 aromatic carbocycles. The highest BCUT2D eigenvalue weighted by molar-refractivity contribution is 6.33. The van der Waals surface area contributed by atoms with Crippen LogP contribution >= 0.6 is 11.6 Å². The van der Waals surface area contributed by atoms with Gasteiger partial charge < -0.3 is 9.80 Å². The molecule has 0 saturated carbocycles. The van der Waals surface area contributed by atoms with Crippen LogP contribution in [-0.4, -0.2) is 40.6 Å². The van der Waals surface area contributed by atoms with Crippen molar-refractivity contribution < 1.29 is 18.0 Å². The van der Waals surface area contributed by atoms with Crippen molar-refractivity contribution in [3.63, 3.8) is 0 Å². The van der Waals surface area contributed by atoms with Gasteiger partial charge in [-0.05, 0) is 18.6 Å². The Morgan fingerprint density at radius 1 is 1.22 bits per heavy atom. The second-order valence-corrected chi connectivity index (χ2v) is 6.55. The van der Waals surface area contributed by atoms with Gasteiger partial charge in [0.25, 0.3) is 5.56 Å². The smallest absolute Gasteiger partial charge is 0.358 e. The van der Waals surface area contributed by atoms with Crippen LogP contribution in [0.4, 0.5) is 18.9 Å². The third kappa shape index (κ3) is 3.78. The fourth-order valence-corrected chi connectivity index (χ4v) is 3.39. The lowest BCUT2D eigenvalue weighted by Gasteiger charge is -2.39. The van der Waals surface area contributed by atoms with E-state index in [4.69, 9.17) is 11.6 Å². The molecule has 0 aliphatic carbocycles. The van der Waals surface area contributed by atoms with Gasteiger partial charge in [0, 0.05) is 13.1 Å². The molecule has 1 aliphatic rings. The van der Waals surface area contributed by atoms with E-state index in [0.717, 1.165) is 6.07 Å². The molecule has 3 rings (SSSR count). The van der Waals surface area contributed by atoms with Gasteiger partial charge in [0.15, 0.2) is 0 Å². The van der Waals surface area contributed by atoms with Gasteiger partial charge in [0.1, 0.15) is 5.02 Å². The van der Waals surface area contributed by atoms with Crippen molar-refractivity contribution in [2.24, 2.45) is 0 Å². The fraction of sp³-hybridized carbons (Fsp3) is 0.353. The third-order valence-electron chi connectivity index (χ3n) is 4.56. The molecule has 0 bridgehead atoms. The van der Waals surface area contributed by atoms with Gasteiger partial charge in [-0.1, -0.05) is 29.8 Å². The Kier molecular flexibility index (Phi) is 5.14. The highest BCUT2D eigenvalue weighted by Gasteiger charge is 2.37. The summed E-state index contributed by atoms with van der Waals surface area (Å²) < 4.78 is 39.8. The molecule has 1 amide bonds. The number of H-pyrrole nitrogens is 1. The van der Waals surface area contributed by atoms with Crippen LogP contribution in [0, 0.1) is 0 Å². The quantitative estimate of drug-likeness (QED) is 0.860. The third-order valence-corrected chi connectivity index (χ3v) is 4.92. The fourth-order valence-electron chi connectivity index (χ4n) is 3.18. The molecule has 2 heterocycles. The topological polar surface area (TPSA) is 69.3 Å².